The van der Waals surface area contributed by atoms with Gasteiger partial charge in [0.15, 0.2) is 5.82 Å². The number of nitrogens with zero attached hydrogens (tertiary/aromatic N) is 3. The number of hydrogen-bond acceptors (Lipinski definition) is 4. The van der Waals surface area contributed by atoms with Gasteiger partial charge in [0.2, 0.25) is 5.91 Å². The fourth-order valence-corrected chi connectivity index (χ4v) is 2.79. The smallest absolute Gasteiger partial charge is 0.223 e. The maximum Gasteiger partial charge on any atom is 0.223 e. The fourth-order valence-electron chi connectivity index (χ4n) is 2.79. The summed E-state index contributed by atoms with van der Waals surface area (Å²) in [6.45, 7) is 7.21. The highest BCUT2D eigenvalue weighted by molar-refractivity contribution is 5.78. The normalized spacial score (nSPS) is 24.2. The van der Waals surface area contributed by atoms with Crippen molar-refractivity contribution in [2.75, 3.05) is 0 Å². The molecule has 19 heavy (non-hydrogen) atoms. The number of hydrogen-bond donors (Lipinski definition) is 2. The van der Waals surface area contributed by atoms with Crippen molar-refractivity contribution < 1.29 is 4.79 Å². The van der Waals surface area contributed by atoms with E-state index in [2.05, 4.69) is 46.7 Å². The van der Waals surface area contributed by atoms with Crippen molar-refractivity contribution in [3.63, 3.8) is 0 Å². The second-order valence-corrected chi connectivity index (χ2v) is 6.46. The van der Waals surface area contributed by atoms with Crippen LogP contribution in [0.3, 0.4) is 0 Å². The molecule has 2 rings (SSSR count). The molecule has 6 nitrogen and oxygen atoms in total. The number of nitrogens with one attached hydrogen (secondary N) is 2. The van der Waals surface area contributed by atoms with Crippen molar-refractivity contribution in [1.82, 2.24) is 25.9 Å². The Labute approximate surface area is 113 Å². The Morgan fingerprint density at radius 1 is 1.32 bits per heavy atom. The van der Waals surface area contributed by atoms with E-state index in [9.17, 15) is 4.79 Å². The summed E-state index contributed by atoms with van der Waals surface area (Å²) in [7, 11) is 0. The number of amides is 1. The molecular weight excluding hydrogens is 242 g/mol. The highest BCUT2D eigenvalue weighted by atomic mass is 16.1. The standard InChI is InChI=1S/C13H23N5O/c1-13(2,3)10-6-4-9(5-7-10)12(19)14-8-11-15-17-18-16-11/h9-10H,4-8H2,1-3H3,(H,14,19)(H,15,16,17,18). The molecule has 6 heteroatoms. The number of H-pyrrole nitrogens is 1. The average Bonchev–Trinajstić information content (AvgIpc) is 2.88. The van der Waals surface area contributed by atoms with Gasteiger partial charge in [-0.05, 0) is 37.0 Å². The van der Waals surface area contributed by atoms with Crippen LogP contribution in [0.2, 0.25) is 0 Å². The third-order valence-electron chi connectivity index (χ3n) is 4.13. The Bertz CT molecular complexity index is 401. The molecule has 0 atom stereocenters. The molecule has 106 valence electrons. The first kappa shape index (κ1) is 14.0. The fraction of sp³-hybridized carbons (Fsp3) is 0.846. The van der Waals surface area contributed by atoms with E-state index in [1.54, 1.807) is 0 Å². The Hall–Kier alpha value is -1.46. The molecule has 1 aliphatic carbocycles. The van der Waals surface area contributed by atoms with Gasteiger partial charge in [0.05, 0.1) is 6.54 Å². The minimum atomic E-state index is 0.122. The molecule has 1 fully saturated rings. The van der Waals surface area contributed by atoms with Crippen molar-refractivity contribution in [2.45, 2.75) is 53.0 Å². The number of tetrazole rings is 1. The zero-order valence-corrected chi connectivity index (χ0v) is 11.9. The Morgan fingerprint density at radius 3 is 2.53 bits per heavy atom. The van der Waals surface area contributed by atoms with Crippen LogP contribution in [0.15, 0.2) is 0 Å². The van der Waals surface area contributed by atoms with Gasteiger partial charge in [-0.1, -0.05) is 26.0 Å². The molecule has 0 saturated heterocycles. The van der Waals surface area contributed by atoms with Gasteiger partial charge in [-0.15, -0.1) is 10.2 Å². The number of carbonyl (C=O) groups is 1. The van der Waals surface area contributed by atoms with Gasteiger partial charge in [0.1, 0.15) is 0 Å². The van der Waals surface area contributed by atoms with Crippen molar-refractivity contribution in [3.05, 3.63) is 5.82 Å². The van der Waals surface area contributed by atoms with Crippen LogP contribution in [-0.2, 0) is 11.3 Å². The number of aromatic nitrogens is 4. The van der Waals surface area contributed by atoms with Crippen molar-refractivity contribution >= 4 is 5.91 Å². The molecular formula is C13H23N5O. The Kier molecular flexibility index (Phi) is 4.17. The second-order valence-electron chi connectivity index (χ2n) is 6.46. The van der Waals surface area contributed by atoms with Crippen LogP contribution in [0.4, 0.5) is 0 Å². The predicted molar refractivity (Wildman–Crippen MR) is 70.9 cm³/mol. The SMILES string of the molecule is CC(C)(C)C1CCC(C(=O)NCc2nn[nH]n2)CC1. The predicted octanol–water partition coefficient (Wildman–Crippen LogP) is 1.67. The maximum atomic E-state index is 12.1. The van der Waals surface area contributed by atoms with E-state index in [0.29, 0.717) is 17.8 Å². The van der Waals surface area contributed by atoms with Gasteiger partial charge in [-0.2, -0.15) is 5.21 Å². The van der Waals surface area contributed by atoms with Crippen LogP contribution in [0.1, 0.15) is 52.3 Å². The number of aromatic amines is 1. The molecule has 1 aromatic heterocycles. The largest absolute Gasteiger partial charge is 0.348 e. The van der Waals surface area contributed by atoms with Crippen molar-refractivity contribution in [2.24, 2.45) is 17.3 Å². The number of carbonyl (C=O) groups excluding carboxylic acids is 1. The molecule has 2 N–H and O–H groups in total. The van der Waals surface area contributed by atoms with E-state index < -0.39 is 0 Å². The molecule has 1 saturated carbocycles. The van der Waals surface area contributed by atoms with Crippen LogP contribution in [-0.4, -0.2) is 26.5 Å². The van der Waals surface area contributed by atoms with Gasteiger partial charge < -0.3 is 5.32 Å². The quantitative estimate of drug-likeness (QED) is 0.870. The van der Waals surface area contributed by atoms with Crippen LogP contribution in [0, 0.1) is 17.3 Å². The van der Waals surface area contributed by atoms with E-state index in [0.717, 1.165) is 31.6 Å². The first-order valence-corrected chi connectivity index (χ1v) is 6.97. The van der Waals surface area contributed by atoms with Gasteiger partial charge >= 0.3 is 0 Å². The summed E-state index contributed by atoms with van der Waals surface area (Å²) >= 11 is 0. The zero-order valence-electron chi connectivity index (χ0n) is 11.9. The Balaban J connectivity index is 1.76. The highest BCUT2D eigenvalue weighted by Crippen LogP contribution is 2.39. The summed E-state index contributed by atoms with van der Waals surface area (Å²) in [4.78, 5) is 12.1. The van der Waals surface area contributed by atoms with Gasteiger partial charge in [0.25, 0.3) is 0 Å². The third kappa shape index (κ3) is 3.75. The lowest BCUT2D eigenvalue weighted by atomic mass is 9.70. The van der Waals surface area contributed by atoms with E-state index in [-0.39, 0.29) is 11.8 Å². The monoisotopic (exact) mass is 265 g/mol. The molecule has 1 amide bonds. The maximum absolute atomic E-state index is 12.1. The lowest BCUT2D eigenvalue weighted by Gasteiger charge is -2.36. The zero-order chi connectivity index (χ0) is 13.9. The van der Waals surface area contributed by atoms with Gasteiger partial charge in [-0.3, -0.25) is 4.79 Å². The van der Waals surface area contributed by atoms with Gasteiger partial charge in [0, 0.05) is 5.92 Å². The summed E-state index contributed by atoms with van der Waals surface area (Å²) in [6.07, 6.45) is 4.26. The topological polar surface area (TPSA) is 83.6 Å². The van der Waals surface area contributed by atoms with Crippen LogP contribution in [0.5, 0.6) is 0 Å². The molecule has 0 unspecified atom stereocenters. The summed E-state index contributed by atoms with van der Waals surface area (Å²) in [5, 5.41) is 16.4. The highest BCUT2D eigenvalue weighted by Gasteiger charge is 2.32. The minimum absolute atomic E-state index is 0.122. The average molecular weight is 265 g/mol. The molecule has 0 bridgehead atoms. The van der Waals surface area contributed by atoms with Crippen molar-refractivity contribution in [1.29, 1.82) is 0 Å². The van der Waals surface area contributed by atoms with E-state index in [4.69, 9.17) is 0 Å². The number of rotatable bonds is 3. The molecule has 1 heterocycles. The van der Waals surface area contributed by atoms with E-state index in [1.165, 1.54) is 0 Å². The summed E-state index contributed by atoms with van der Waals surface area (Å²) in [6, 6.07) is 0. The first-order chi connectivity index (χ1) is 8.97. The second kappa shape index (κ2) is 5.67. The Morgan fingerprint density at radius 2 is 2.00 bits per heavy atom. The minimum Gasteiger partial charge on any atom is -0.348 e. The van der Waals surface area contributed by atoms with E-state index >= 15 is 0 Å². The van der Waals surface area contributed by atoms with Crippen LogP contribution in [0.25, 0.3) is 0 Å². The lowest BCUT2D eigenvalue weighted by molar-refractivity contribution is -0.126. The molecule has 1 aromatic rings. The van der Waals surface area contributed by atoms with Gasteiger partial charge in [-0.25, -0.2) is 0 Å². The van der Waals surface area contributed by atoms with Crippen molar-refractivity contribution in [3.8, 4) is 0 Å². The van der Waals surface area contributed by atoms with Crippen LogP contribution >= 0.6 is 0 Å². The first-order valence-electron chi connectivity index (χ1n) is 6.97. The summed E-state index contributed by atoms with van der Waals surface area (Å²) < 4.78 is 0. The lowest BCUT2D eigenvalue weighted by Crippen LogP contribution is -2.35. The summed E-state index contributed by atoms with van der Waals surface area (Å²) in [5.74, 6) is 1.52. The van der Waals surface area contributed by atoms with E-state index in [1.807, 2.05) is 0 Å². The molecule has 0 aromatic carbocycles. The molecule has 0 aliphatic heterocycles. The molecule has 0 radical (unpaired) electrons. The van der Waals surface area contributed by atoms with Crippen LogP contribution < -0.4 is 5.32 Å². The molecule has 0 spiro atoms. The third-order valence-corrected chi connectivity index (χ3v) is 4.13. The molecule has 1 aliphatic rings. The summed E-state index contributed by atoms with van der Waals surface area (Å²) in [5.41, 5.74) is 0.353.